The van der Waals surface area contributed by atoms with Crippen LogP contribution in [0, 0.1) is 10.1 Å². The molecule has 2 rings (SSSR count). The summed E-state index contributed by atoms with van der Waals surface area (Å²) in [6.07, 6.45) is 4.00. The summed E-state index contributed by atoms with van der Waals surface area (Å²) in [5.41, 5.74) is 0.184. The molecule has 1 aliphatic heterocycles. The highest BCUT2D eigenvalue weighted by atomic mass is 35.5. The van der Waals surface area contributed by atoms with Crippen LogP contribution >= 0.6 is 11.6 Å². The van der Waals surface area contributed by atoms with Crippen LogP contribution in [0.1, 0.15) is 19.3 Å². The van der Waals surface area contributed by atoms with E-state index in [1.807, 2.05) is 4.90 Å². The lowest BCUT2D eigenvalue weighted by atomic mass is 10.1. The molecule has 1 heterocycles. The van der Waals surface area contributed by atoms with Crippen LogP contribution in [-0.2, 0) is 9.84 Å². The van der Waals surface area contributed by atoms with Crippen molar-refractivity contribution in [3.63, 3.8) is 0 Å². The smallest absolute Gasteiger partial charge is 0.293 e. The molecule has 1 aromatic rings. The van der Waals surface area contributed by atoms with Gasteiger partial charge in [-0.15, -0.1) is 0 Å². The quantitative estimate of drug-likeness (QED) is 0.632. The normalized spacial score (nSPS) is 16.2. The first-order chi connectivity index (χ1) is 9.30. The SMILES string of the molecule is CS(=O)(=O)c1cc([N+](=O)[O-])c(N2CCCCC2)cc1Cl. The van der Waals surface area contributed by atoms with E-state index in [0.717, 1.165) is 44.7 Å². The summed E-state index contributed by atoms with van der Waals surface area (Å²) in [6, 6.07) is 2.45. The van der Waals surface area contributed by atoms with Crippen molar-refractivity contribution in [1.82, 2.24) is 0 Å². The highest BCUT2D eigenvalue weighted by Crippen LogP contribution is 2.37. The van der Waals surface area contributed by atoms with Crippen LogP contribution in [-0.4, -0.2) is 32.7 Å². The molecular weight excluding hydrogens is 304 g/mol. The van der Waals surface area contributed by atoms with Gasteiger partial charge in [0, 0.05) is 25.4 Å². The minimum Gasteiger partial charge on any atom is -0.366 e. The Kier molecular flexibility index (Phi) is 4.19. The van der Waals surface area contributed by atoms with Gasteiger partial charge in [0.15, 0.2) is 9.84 Å². The predicted molar refractivity (Wildman–Crippen MR) is 77.3 cm³/mol. The third kappa shape index (κ3) is 3.04. The largest absolute Gasteiger partial charge is 0.366 e. The van der Waals surface area contributed by atoms with Crippen molar-refractivity contribution in [2.24, 2.45) is 0 Å². The Balaban J connectivity index is 2.57. The molecule has 0 amide bonds. The van der Waals surface area contributed by atoms with Crippen LogP contribution in [0.25, 0.3) is 0 Å². The summed E-state index contributed by atoms with van der Waals surface area (Å²) < 4.78 is 23.2. The number of piperidine rings is 1. The molecule has 0 aromatic heterocycles. The third-order valence-electron chi connectivity index (χ3n) is 3.32. The van der Waals surface area contributed by atoms with Gasteiger partial charge in [-0.2, -0.15) is 0 Å². The molecule has 0 atom stereocenters. The van der Waals surface area contributed by atoms with E-state index in [-0.39, 0.29) is 15.6 Å². The van der Waals surface area contributed by atoms with Crippen LogP contribution < -0.4 is 4.90 Å². The summed E-state index contributed by atoms with van der Waals surface area (Å²) in [5, 5.41) is 11.2. The van der Waals surface area contributed by atoms with Crippen molar-refractivity contribution < 1.29 is 13.3 Å². The Morgan fingerprint density at radius 1 is 1.25 bits per heavy atom. The van der Waals surface area contributed by atoms with Gasteiger partial charge >= 0.3 is 0 Å². The van der Waals surface area contributed by atoms with E-state index < -0.39 is 14.8 Å². The number of anilines is 1. The van der Waals surface area contributed by atoms with Gasteiger partial charge in [-0.3, -0.25) is 10.1 Å². The maximum absolute atomic E-state index is 11.6. The number of hydrogen-bond acceptors (Lipinski definition) is 5. The van der Waals surface area contributed by atoms with E-state index in [9.17, 15) is 18.5 Å². The lowest BCUT2D eigenvalue weighted by Crippen LogP contribution is -2.30. The van der Waals surface area contributed by atoms with Gasteiger partial charge in [0.05, 0.1) is 14.8 Å². The van der Waals surface area contributed by atoms with E-state index >= 15 is 0 Å². The van der Waals surface area contributed by atoms with Gasteiger partial charge < -0.3 is 4.90 Å². The van der Waals surface area contributed by atoms with E-state index in [1.165, 1.54) is 6.07 Å². The average molecular weight is 319 g/mol. The van der Waals surface area contributed by atoms with Crippen LogP contribution in [0.15, 0.2) is 17.0 Å². The molecule has 0 N–H and O–H groups in total. The van der Waals surface area contributed by atoms with E-state index in [2.05, 4.69) is 0 Å². The fourth-order valence-electron chi connectivity index (χ4n) is 2.35. The first kappa shape index (κ1) is 15.1. The van der Waals surface area contributed by atoms with E-state index in [1.54, 1.807) is 0 Å². The second-order valence-electron chi connectivity index (χ2n) is 4.85. The molecule has 1 aromatic carbocycles. The van der Waals surface area contributed by atoms with Gasteiger partial charge in [-0.1, -0.05) is 11.6 Å². The number of hydrogen-bond donors (Lipinski definition) is 0. The Hall–Kier alpha value is -1.34. The molecule has 110 valence electrons. The molecule has 0 spiro atoms. The molecular formula is C12H15ClN2O4S. The van der Waals surface area contributed by atoms with Crippen LogP contribution in [0.2, 0.25) is 5.02 Å². The van der Waals surface area contributed by atoms with E-state index in [0.29, 0.717) is 5.69 Å². The maximum Gasteiger partial charge on any atom is 0.293 e. The Bertz CT molecular complexity index is 639. The zero-order chi connectivity index (χ0) is 14.9. The van der Waals surface area contributed by atoms with Crippen molar-refractivity contribution in [1.29, 1.82) is 0 Å². The summed E-state index contributed by atoms with van der Waals surface area (Å²) in [5.74, 6) is 0. The Labute approximate surface area is 122 Å². The molecule has 0 aliphatic carbocycles. The Morgan fingerprint density at radius 3 is 2.35 bits per heavy atom. The molecule has 1 saturated heterocycles. The fraction of sp³-hybridized carbons (Fsp3) is 0.500. The average Bonchev–Trinajstić information content (AvgIpc) is 2.37. The molecule has 0 saturated carbocycles. The second-order valence-corrected chi connectivity index (χ2v) is 7.24. The highest BCUT2D eigenvalue weighted by Gasteiger charge is 2.26. The third-order valence-corrected chi connectivity index (χ3v) is 4.88. The second kappa shape index (κ2) is 5.57. The molecule has 1 fully saturated rings. The number of nitro groups is 1. The van der Waals surface area contributed by atoms with Gasteiger partial charge in [-0.25, -0.2) is 8.42 Å². The number of nitro benzene ring substituents is 1. The summed E-state index contributed by atoms with van der Waals surface area (Å²) in [7, 11) is -3.59. The standard InChI is InChI=1S/C12H15ClN2O4S/c1-20(18,19)12-8-11(15(16)17)10(7-9(12)13)14-5-3-2-4-6-14/h7-8H,2-6H2,1H3. The van der Waals surface area contributed by atoms with Crippen molar-refractivity contribution in [3.8, 4) is 0 Å². The number of halogens is 1. The number of sulfone groups is 1. The summed E-state index contributed by atoms with van der Waals surface area (Å²) in [4.78, 5) is 12.3. The van der Waals surface area contributed by atoms with Gasteiger partial charge in [0.2, 0.25) is 0 Å². The fourth-order valence-corrected chi connectivity index (χ4v) is 3.67. The van der Waals surface area contributed by atoms with Crippen molar-refractivity contribution in [3.05, 3.63) is 27.3 Å². The van der Waals surface area contributed by atoms with Gasteiger partial charge in [0.1, 0.15) is 5.69 Å². The monoisotopic (exact) mass is 318 g/mol. The predicted octanol–water partition coefficient (Wildman–Crippen LogP) is 2.64. The topological polar surface area (TPSA) is 80.5 Å². The molecule has 20 heavy (non-hydrogen) atoms. The minimum absolute atomic E-state index is 0.0265. The van der Waals surface area contributed by atoms with Crippen LogP contribution in [0.3, 0.4) is 0 Å². The summed E-state index contributed by atoms with van der Waals surface area (Å²) >= 11 is 5.98. The Morgan fingerprint density at radius 2 is 1.85 bits per heavy atom. The van der Waals surface area contributed by atoms with Crippen molar-refractivity contribution in [2.75, 3.05) is 24.2 Å². The number of benzene rings is 1. The lowest BCUT2D eigenvalue weighted by Gasteiger charge is -2.28. The van der Waals surface area contributed by atoms with E-state index in [4.69, 9.17) is 11.6 Å². The van der Waals surface area contributed by atoms with Crippen molar-refractivity contribution >= 4 is 32.8 Å². The number of rotatable bonds is 3. The zero-order valence-corrected chi connectivity index (χ0v) is 12.6. The van der Waals surface area contributed by atoms with Crippen LogP contribution in [0.5, 0.6) is 0 Å². The minimum atomic E-state index is -3.59. The molecule has 0 bridgehead atoms. The number of nitrogens with zero attached hydrogens (tertiary/aromatic N) is 2. The molecule has 0 radical (unpaired) electrons. The highest BCUT2D eigenvalue weighted by molar-refractivity contribution is 7.90. The summed E-state index contributed by atoms with van der Waals surface area (Å²) in [6.45, 7) is 1.44. The first-order valence-electron chi connectivity index (χ1n) is 6.23. The molecule has 0 unspecified atom stereocenters. The maximum atomic E-state index is 11.6. The van der Waals surface area contributed by atoms with Crippen LogP contribution in [0.4, 0.5) is 11.4 Å². The zero-order valence-electron chi connectivity index (χ0n) is 11.0. The lowest BCUT2D eigenvalue weighted by molar-refractivity contribution is -0.384. The molecule has 8 heteroatoms. The molecule has 1 aliphatic rings. The van der Waals surface area contributed by atoms with Gasteiger partial charge in [-0.05, 0) is 25.3 Å². The van der Waals surface area contributed by atoms with Crippen molar-refractivity contribution in [2.45, 2.75) is 24.2 Å². The first-order valence-corrected chi connectivity index (χ1v) is 8.50. The molecule has 6 nitrogen and oxygen atoms in total. The van der Waals surface area contributed by atoms with Gasteiger partial charge in [0.25, 0.3) is 5.69 Å².